The molecular weight excluding hydrogens is 398 g/mol. The third kappa shape index (κ3) is 3.62. The highest BCUT2D eigenvalue weighted by Crippen LogP contribution is 2.46. The van der Waals surface area contributed by atoms with Crippen LogP contribution in [0, 0.1) is 11.3 Å². The summed E-state index contributed by atoms with van der Waals surface area (Å²) in [4.78, 5) is 11.1. The molecule has 2 aromatic carbocycles. The maximum absolute atomic E-state index is 11.1. The Morgan fingerprint density at radius 1 is 1.26 bits per heavy atom. The summed E-state index contributed by atoms with van der Waals surface area (Å²) in [7, 11) is 1.48. The zero-order chi connectivity index (χ0) is 22.0. The van der Waals surface area contributed by atoms with Gasteiger partial charge < -0.3 is 25.7 Å². The van der Waals surface area contributed by atoms with E-state index in [4.69, 9.17) is 25.7 Å². The van der Waals surface area contributed by atoms with Crippen molar-refractivity contribution < 1.29 is 19.0 Å². The van der Waals surface area contributed by atoms with E-state index in [1.807, 2.05) is 30.3 Å². The van der Waals surface area contributed by atoms with Gasteiger partial charge in [-0.25, -0.2) is 0 Å². The maximum atomic E-state index is 11.1. The number of rotatable bonds is 6. The van der Waals surface area contributed by atoms with Gasteiger partial charge >= 0.3 is 0 Å². The number of carbonyl (C=O) groups is 1. The van der Waals surface area contributed by atoms with Crippen molar-refractivity contribution in [1.29, 1.82) is 5.26 Å². The normalized spacial score (nSPS) is 14.9. The molecule has 1 aliphatic heterocycles. The van der Waals surface area contributed by atoms with Crippen LogP contribution >= 0.6 is 0 Å². The second-order valence-corrected chi connectivity index (χ2v) is 6.77. The number of H-pyrrole nitrogens is 1. The number of allylic oxidation sites excluding steroid dienone is 1. The fraction of sp³-hybridized carbons (Fsp3) is 0.136. The number of amides is 1. The van der Waals surface area contributed by atoms with Crippen LogP contribution in [0.2, 0.25) is 0 Å². The molecule has 0 radical (unpaired) electrons. The van der Waals surface area contributed by atoms with E-state index in [0.717, 1.165) is 5.56 Å². The molecule has 0 spiro atoms. The highest BCUT2D eigenvalue weighted by molar-refractivity contribution is 5.75. The number of hydrogen-bond acceptors (Lipinski definition) is 7. The van der Waals surface area contributed by atoms with E-state index < -0.39 is 11.8 Å². The molecule has 1 aromatic heterocycles. The molecule has 0 saturated carbocycles. The lowest BCUT2D eigenvalue weighted by Gasteiger charge is -2.24. The Balaban J connectivity index is 1.85. The van der Waals surface area contributed by atoms with E-state index in [1.54, 1.807) is 18.2 Å². The molecule has 9 heteroatoms. The van der Waals surface area contributed by atoms with Crippen LogP contribution in [-0.4, -0.2) is 29.8 Å². The molecule has 0 bridgehead atoms. The smallest absolute Gasteiger partial charge is 0.255 e. The monoisotopic (exact) mass is 417 g/mol. The van der Waals surface area contributed by atoms with E-state index in [-0.39, 0.29) is 18.1 Å². The first kappa shape index (κ1) is 19.8. The lowest BCUT2D eigenvalue weighted by Crippen LogP contribution is -2.21. The van der Waals surface area contributed by atoms with E-state index >= 15 is 0 Å². The quantitative estimate of drug-likeness (QED) is 0.556. The van der Waals surface area contributed by atoms with E-state index in [0.29, 0.717) is 34.2 Å². The number of carbonyl (C=O) groups excluding carboxylic acids is 1. The minimum Gasteiger partial charge on any atom is -0.493 e. The Morgan fingerprint density at radius 2 is 2.03 bits per heavy atom. The molecular formula is C22H19N5O4. The van der Waals surface area contributed by atoms with Gasteiger partial charge in [-0.1, -0.05) is 36.4 Å². The first-order valence-electron chi connectivity index (χ1n) is 9.33. The molecule has 1 aliphatic rings. The number of hydrogen-bond donors (Lipinski definition) is 3. The van der Waals surface area contributed by atoms with Crippen LogP contribution in [0.15, 0.2) is 60.0 Å². The van der Waals surface area contributed by atoms with Crippen molar-refractivity contribution in [1.82, 2.24) is 10.2 Å². The zero-order valence-corrected chi connectivity index (χ0v) is 16.6. The van der Waals surface area contributed by atoms with Gasteiger partial charge in [-0.05, 0) is 23.3 Å². The van der Waals surface area contributed by atoms with Gasteiger partial charge in [0.2, 0.25) is 11.8 Å². The van der Waals surface area contributed by atoms with Gasteiger partial charge in [-0.2, -0.15) is 5.26 Å². The molecule has 5 N–H and O–H groups in total. The summed E-state index contributed by atoms with van der Waals surface area (Å²) < 4.78 is 16.5. The van der Waals surface area contributed by atoms with Gasteiger partial charge in [0.05, 0.1) is 24.3 Å². The minimum atomic E-state index is -0.603. The van der Waals surface area contributed by atoms with Crippen molar-refractivity contribution in [2.75, 3.05) is 13.7 Å². The highest BCUT2D eigenvalue weighted by Gasteiger charge is 2.36. The molecule has 1 amide bonds. The average molecular weight is 417 g/mol. The Hall–Kier alpha value is -4.45. The number of methoxy groups -OCH3 is 1. The SMILES string of the molecule is COc1cc([C@@H]2C(C#N)=C(N)Oc3n[nH]c(-c4ccccc4)c32)ccc1OCC(N)=O. The fourth-order valence-electron chi connectivity index (χ4n) is 3.54. The van der Waals surface area contributed by atoms with Crippen molar-refractivity contribution >= 4 is 5.91 Å². The number of nitrogens with zero attached hydrogens (tertiary/aromatic N) is 2. The molecule has 2 heterocycles. The number of primary amides is 1. The summed E-state index contributed by atoms with van der Waals surface area (Å²) in [6.45, 7) is -0.284. The van der Waals surface area contributed by atoms with Crippen molar-refractivity contribution in [3.63, 3.8) is 0 Å². The van der Waals surface area contributed by atoms with Crippen molar-refractivity contribution in [3.8, 4) is 34.7 Å². The molecule has 4 rings (SSSR count). The predicted molar refractivity (Wildman–Crippen MR) is 111 cm³/mol. The van der Waals surface area contributed by atoms with Crippen LogP contribution in [0.1, 0.15) is 17.0 Å². The lowest BCUT2D eigenvalue weighted by atomic mass is 9.83. The van der Waals surface area contributed by atoms with Crippen LogP contribution in [0.3, 0.4) is 0 Å². The number of fused-ring (bicyclic) bond motifs is 1. The second-order valence-electron chi connectivity index (χ2n) is 6.77. The molecule has 0 saturated heterocycles. The van der Waals surface area contributed by atoms with Crippen molar-refractivity contribution in [3.05, 3.63) is 71.1 Å². The molecule has 0 aliphatic carbocycles. The van der Waals surface area contributed by atoms with Crippen molar-refractivity contribution in [2.45, 2.75) is 5.92 Å². The fourth-order valence-corrected chi connectivity index (χ4v) is 3.54. The number of nitrogens with two attached hydrogens (primary N) is 2. The van der Waals surface area contributed by atoms with Gasteiger partial charge in [-0.3, -0.25) is 9.89 Å². The first-order valence-corrected chi connectivity index (χ1v) is 9.33. The largest absolute Gasteiger partial charge is 0.493 e. The van der Waals surface area contributed by atoms with Crippen LogP contribution in [0.25, 0.3) is 11.3 Å². The summed E-state index contributed by atoms with van der Waals surface area (Å²) >= 11 is 0. The zero-order valence-electron chi connectivity index (χ0n) is 16.6. The Kier molecular flexibility index (Phi) is 5.20. The maximum Gasteiger partial charge on any atom is 0.255 e. The summed E-state index contributed by atoms with van der Waals surface area (Å²) in [5.74, 6) is -0.140. The van der Waals surface area contributed by atoms with Crippen molar-refractivity contribution in [2.24, 2.45) is 11.5 Å². The molecule has 156 valence electrons. The third-order valence-corrected chi connectivity index (χ3v) is 4.89. The Bertz CT molecular complexity index is 1210. The molecule has 1 atom stereocenters. The number of aromatic amines is 1. The van der Waals surface area contributed by atoms with Gasteiger partial charge in [0.25, 0.3) is 5.91 Å². The van der Waals surface area contributed by atoms with Gasteiger partial charge in [-0.15, -0.1) is 5.10 Å². The summed E-state index contributed by atoms with van der Waals surface area (Å²) in [5, 5.41) is 17.1. The second kappa shape index (κ2) is 8.12. The minimum absolute atomic E-state index is 0.0147. The topological polar surface area (TPSA) is 149 Å². The standard InChI is InChI=1S/C22H19N5O4/c1-29-16-9-13(7-8-15(16)30-11-17(24)28)18-14(10-23)21(25)31-22-19(18)20(26-27-22)12-5-3-2-4-6-12/h2-9,18H,11,25H2,1H3,(H2,24,28)(H,26,27)/t18-/m1/s1. The van der Waals surface area contributed by atoms with E-state index in [1.165, 1.54) is 7.11 Å². The first-order chi connectivity index (χ1) is 15.0. The molecule has 9 nitrogen and oxygen atoms in total. The Labute approximate surface area is 177 Å². The van der Waals surface area contributed by atoms with E-state index in [9.17, 15) is 10.1 Å². The molecule has 0 fully saturated rings. The van der Waals surface area contributed by atoms with Gasteiger partial charge in [0, 0.05) is 0 Å². The number of nitriles is 1. The molecule has 0 unspecified atom stereocenters. The number of ether oxygens (including phenoxy) is 3. The number of benzene rings is 2. The number of nitrogens with one attached hydrogen (secondary N) is 1. The predicted octanol–water partition coefficient (Wildman–Crippen LogP) is 2.17. The van der Waals surface area contributed by atoms with Crippen LogP contribution < -0.4 is 25.7 Å². The van der Waals surface area contributed by atoms with Crippen LogP contribution in [0.5, 0.6) is 17.4 Å². The van der Waals surface area contributed by atoms with Crippen LogP contribution in [0.4, 0.5) is 0 Å². The lowest BCUT2D eigenvalue weighted by molar-refractivity contribution is -0.119. The van der Waals surface area contributed by atoms with Gasteiger partial charge in [0.1, 0.15) is 11.6 Å². The molecule has 3 aromatic rings. The summed E-state index contributed by atoms with van der Waals surface area (Å²) in [5.41, 5.74) is 14.4. The molecule has 31 heavy (non-hydrogen) atoms. The average Bonchev–Trinajstić information content (AvgIpc) is 3.20. The summed E-state index contributed by atoms with van der Waals surface area (Å²) in [6.07, 6.45) is 0. The summed E-state index contributed by atoms with van der Waals surface area (Å²) in [6, 6.07) is 16.9. The van der Waals surface area contributed by atoms with Crippen LogP contribution in [-0.2, 0) is 4.79 Å². The highest BCUT2D eigenvalue weighted by atomic mass is 16.5. The Morgan fingerprint density at radius 3 is 2.71 bits per heavy atom. The van der Waals surface area contributed by atoms with Gasteiger partial charge in [0.15, 0.2) is 18.1 Å². The third-order valence-electron chi connectivity index (χ3n) is 4.89. The van der Waals surface area contributed by atoms with E-state index in [2.05, 4.69) is 16.3 Å². The number of aromatic nitrogens is 2.